The van der Waals surface area contributed by atoms with Gasteiger partial charge in [-0.2, -0.15) is 5.10 Å². The van der Waals surface area contributed by atoms with E-state index in [0.29, 0.717) is 0 Å². The molecule has 3 aromatic rings. The van der Waals surface area contributed by atoms with Gasteiger partial charge in [0.15, 0.2) is 5.82 Å². The second-order valence-corrected chi connectivity index (χ2v) is 8.24. The summed E-state index contributed by atoms with van der Waals surface area (Å²) in [5.74, 6) is 1.75. The summed E-state index contributed by atoms with van der Waals surface area (Å²) in [7, 11) is 1.71. The zero-order chi connectivity index (χ0) is 18.2. The van der Waals surface area contributed by atoms with Crippen LogP contribution in [0.1, 0.15) is 47.3 Å². The summed E-state index contributed by atoms with van der Waals surface area (Å²) in [5.41, 5.74) is 8.32. The van der Waals surface area contributed by atoms with E-state index in [2.05, 4.69) is 27.5 Å². The van der Waals surface area contributed by atoms with Gasteiger partial charge in [0.25, 0.3) is 0 Å². The summed E-state index contributed by atoms with van der Waals surface area (Å²) in [6.07, 6.45) is 9.61. The van der Waals surface area contributed by atoms with E-state index in [-0.39, 0.29) is 0 Å². The largest absolute Gasteiger partial charge is 0.497 e. The average molecular weight is 379 g/mol. The van der Waals surface area contributed by atoms with Gasteiger partial charge in [0.1, 0.15) is 16.9 Å². The predicted octanol–water partition coefficient (Wildman–Crippen LogP) is 4.73. The summed E-state index contributed by atoms with van der Waals surface area (Å²) >= 11 is 1.81. The van der Waals surface area contributed by atoms with Crippen molar-refractivity contribution in [1.82, 2.24) is 9.97 Å². The van der Waals surface area contributed by atoms with Gasteiger partial charge in [-0.15, -0.1) is 11.3 Å². The molecule has 0 amide bonds. The van der Waals surface area contributed by atoms with E-state index in [4.69, 9.17) is 9.84 Å². The Kier molecular flexibility index (Phi) is 4.28. The fourth-order valence-corrected chi connectivity index (χ4v) is 5.41. The van der Waals surface area contributed by atoms with Gasteiger partial charge in [0, 0.05) is 10.4 Å². The number of fused-ring (bicyclic) bond motifs is 4. The zero-order valence-corrected chi connectivity index (χ0v) is 16.2. The molecule has 0 bridgehead atoms. The van der Waals surface area contributed by atoms with Crippen LogP contribution in [0.5, 0.6) is 5.75 Å². The number of methoxy groups -OCH3 is 1. The molecule has 0 radical (unpaired) electrons. The minimum absolute atomic E-state index is 0.840. The van der Waals surface area contributed by atoms with Crippen LogP contribution in [0.15, 0.2) is 29.6 Å². The molecule has 5 rings (SSSR count). The smallest absolute Gasteiger partial charge is 0.158 e. The van der Waals surface area contributed by atoms with Crippen LogP contribution in [-0.4, -0.2) is 22.8 Å². The van der Waals surface area contributed by atoms with Crippen LogP contribution < -0.4 is 10.2 Å². The minimum Gasteiger partial charge on any atom is -0.497 e. The molecule has 0 fully saturated rings. The highest BCUT2D eigenvalue weighted by molar-refractivity contribution is 7.19. The number of aryl methyl sites for hydroxylation is 3. The second kappa shape index (κ2) is 6.93. The highest BCUT2D eigenvalue weighted by atomic mass is 32.1. The molecule has 2 heterocycles. The lowest BCUT2D eigenvalue weighted by molar-refractivity contribution is 0.414. The fraction of sp³-hybridized carbons (Fsp3) is 0.381. The maximum atomic E-state index is 5.37. The summed E-state index contributed by atoms with van der Waals surface area (Å²) < 4.78 is 5.37. The molecule has 5 nitrogen and oxygen atoms in total. The van der Waals surface area contributed by atoms with Gasteiger partial charge in [-0.1, -0.05) is 0 Å². The van der Waals surface area contributed by atoms with Crippen molar-refractivity contribution in [3.05, 3.63) is 46.1 Å². The Hall–Kier alpha value is -2.47. The van der Waals surface area contributed by atoms with E-state index in [0.717, 1.165) is 47.8 Å². The molecule has 6 heteroatoms. The molecule has 0 unspecified atom stereocenters. The number of hydrogen-bond acceptors (Lipinski definition) is 6. The Labute approximate surface area is 162 Å². The predicted molar refractivity (Wildman–Crippen MR) is 110 cm³/mol. The van der Waals surface area contributed by atoms with Gasteiger partial charge in [0.2, 0.25) is 0 Å². The molecule has 1 aromatic carbocycles. The number of hydrogen-bond donors (Lipinski definition) is 1. The number of thiophene rings is 1. The van der Waals surface area contributed by atoms with Crippen molar-refractivity contribution in [3.8, 4) is 5.75 Å². The van der Waals surface area contributed by atoms with Crippen LogP contribution >= 0.6 is 11.3 Å². The Morgan fingerprint density at radius 2 is 2.00 bits per heavy atom. The van der Waals surface area contributed by atoms with Crippen molar-refractivity contribution in [1.29, 1.82) is 0 Å². The second-order valence-electron chi connectivity index (χ2n) is 7.16. The van der Waals surface area contributed by atoms with E-state index in [1.807, 2.05) is 17.4 Å². The number of nitrogens with zero attached hydrogens (tertiary/aromatic N) is 3. The molecule has 0 saturated heterocycles. The molecule has 2 aliphatic rings. The van der Waals surface area contributed by atoms with Gasteiger partial charge in [-0.05, 0) is 74.3 Å². The first-order valence-electron chi connectivity index (χ1n) is 9.58. The number of anilines is 1. The van der Waals surface area contributed by atoms with E-state index < -0.39 is 0 Å². The first kappa shape index (κ1) is 16.7. The van der Waals surface area contributed by atoms with Gasteiger partial charge in [-0.3, -0.25) is 5.43 Å². The van der Waals surface area contributed by atoms with Crippen LogP contribution in [-0.2, 0) is 19.3 Å². The summed E-state index contributed by atoms with van der Waals surface area (Å²) in [6, 6.07) is 6.26. The Morgan fingerprint density at radius 1 is 1.07 bits per heavy atom. The number of nitrogens with one attached hydrogen (secondary N) is 1. The molecule has 27 heavy (non-hydrogen) atoms. The van der Waals surface area contributed by atoms with Gasteiger partial charge >= 0.3 is 0 Å². The molecule has 0 aliphatic heterocycles. The average Bonchev–Trinajstić information content (AvgIpc) is 3.11. The molecule has 0 saturated carbocycles. The van der Waals surface area contributed by atoms with Crippen LogP contribution in [0.2, 0.25) is 0 Å². The van der Waals surface area contributed by atoms with Crippen LogP contribution in [0, 0.1) is 0 Å². The number of hydrazone groups is 1. The number of rotatable bonds is 3. The van der Waals surface area contributed by atoms with Crippen LogP contribution in [0.3, 0.4) is 0 Å². The summed E-state index contributed by atoms with van der Waals surface area (Å²) in [4.78, 5) is 11.6. The SMILES string of the molecule is COc1ccc2c(c1)CCCC2=NNc1ncnc2sc3c(c12)CCCC3. The lowest BCUT2D eigenvalue weighted by Gasteiger charge is -2.19. The third-order valence-electron chi connectivity index (χ3n) is 5.53. The lowest BCUT2D eigenvalue weighted by atomic mass is 9.90. The zero-order valence-electron chi connectivity index (χ0n) is 15.4. The first-order chi connectivity index (χ1) is 13.3. The Morgan fingerprint density at radius 3 is 2.93 bits per heavy atom. The number of aromatic nitrogens is 2. The van der Waals surface area contributed by atoms with Crippen molar-refractivity contribution in [2.45, 2.75) is 44.9 Å². The van der Waals surface area contributed by atoms with Crippen LogP contribution in [0.25, 0.3) is 10.2 Å². The first-order valence-corrected chi connectivity index (χ1v) is 10.4. The molecule has 1 N–H and O–H groups in total. The van der Waals surface area contributed by atoms with Gasteiger partial charge < -0.3 is 4.74 Å². The van der Waals surface area contributed by atoms with Gasteiger partial charge in [-0.25, -0.2) is 9.97 Å². The van der Waals surface area contributed by atoms with Crippen molar-refractivity contribution in [3.63, 3.8) is 0 Å². The highest BCUT2D eigenvalue weighted by Crippen LogP contribution is 2.38. The minimum atomic E-state index is 0.840. The molecule has 0 spiro atoms. The molecule has 2 aromatic heterocycles. The van der Waals surface area contributed by atoms with E-state index >= 15 is 0 Å². The van der Waals surface area contributed by atoms with Crippen molar-refractivity contribution < 1.29 is 4.74 Å². The highest BCUT2D eigenvalue weighted by Gasteiger charge is 2.20. The standard InChI is InChI=1S/C21H22N4OS/c1-26-14-9-10-15-13(11-14)5-4-7-17(15)24-25-20-19-16-6-2-3-8-18(16)27-21(19)23-12-22-20/h9-12H,2-8H2,1H3,(H,22,23,25). The Balaban J connectivity index is 1.51. The maximum absolute atomic E-state index is 5.37. The maximum Gasteiger partial charge on any atom is 0.158 e. The van der Waals surface area contributed by atoms with Crippen molar-refractivity contribution >= 4 is 33.1 Å². The Bertz CT molecular complexity index is 1040. The third-order valence-corrected chi connectivity index (χ3v) is 6.73. The van der Waals surface area contributed by atoms with Crippen molar-refractivity contribution in [2.24, 2.45) is 5.10 Å². The van der Waals surface area contributed by atoms with E-state index in [9.17, 15) is 0 Å². The molecule has 0 atom stereocenters. The quantitative estimate of drug-likeness (QED) is 0.669. The lowest BCUT2D eigenvalue weighted by Crippen LogP contribution is -2.14. The van der Waals surface area contributed by atoms with Crippen LogP contribution in [0.4, 0.5) is 5.82 Å². The molecule has 138 valence electrons. The number of ether oxygens (including phenoxy) is 1. The van der Waals surface area contributed by atoms with Gasteiger partial charge in [0.05, 0.1) is 18.2 Å². The summed E-state index contributed by atoms with van der Waals surface area (Å²) in [6.45, 7) is 0. The van der Waals surface area contributed by atoms with E-state index in [1.54, 1.807) is 13.4 Å². The van der Waals surface area contributed by atoms with Crippen molar-refractivity contribution in [2.75, 3.05) is 12.5 Å². The third kappa shape index (κ3) is 2.98. The summed E-state index contributed by atoms with van der Waals surface area (Å²) in [5, 5.41) is 5.94. The topological polar surface area (TPSA) is 59.4 Å². The molecular weight excluding hydrogens is 356 g/mol. The monoisotopic (exact) mass is 378 g/mol. The van der Waals surface area contributed by atoms with E-state index in [1.165, 1.54) is 46.2 Å². The number of benzene rings is 1. The fourth-order valence-electron chi connectivity index (χ4n) is 4.18. The molecular formula is C21H22N4OS. The molecule has 2 aliphatic carbocycles. The normalized spacial score (nSPS) is 17.6.